The van der Waals surface area contributed by atoms with E-state index in [1.54, 1.807) is 12.4 Å². The number of hydrogen-bond acceptors (Lipinski definition) is 5. The molecule has 3 heterocycles. The Hall–Kier alpha value is -2.56. The first-order valence-corrected chi connectivity index (χ1v) is 5.89. The molecule has 0 saturated carbocycles. The summed E-state index contributed by atoms with van der Waals surface area (Å²) in [6.07, 6.45) is 3.44. The minimum absolute atomic E-state index is 0.279. The number of nitrogen functional groups attached to an aromatic ring is 1. The van der Waals surface area contributed by atoms with Crippen LogP contribution >= 0.6 is 0 Å². The molecule has 3 aromatic rings. The summed E-state index contributed by atoms with van der Waals surface area (Å²) in [5, 5.41) is 4.05. The number of aryl methyl sites for hydroxylation is 2. The van der Waals surface area contributed by atoms with E-state index in [9.17, 15) is 0 Å². The van der Waals surface area contributed by atoms with E-state index in [0.717, 1.165) is 28.2 Å². The highest BCUT2D eigenvalue weighted by atomic mass is 16.5. The normalized spacial score (nSPS) is 10.8. The Bertz CT molecular complexity index is 714. The molecule has 5 heteroatoms. The van der Waals surface area contributed by atoms with Crippen LogP contribution in [0.15, 0.2) is 39.5 Å². The van der Waals surface area contributed by atoms with E-state index in [0.29, 0.717) is 5.69 Å². The lowest BCUT2D eigenvalue weighted by atomic mass is 10.0. The second kappa shape index (κ2) is 4.28. The van der Waals surface area contributed by atoms with E-state index in [-0.39, 0.29) is 5.88 Å². The lowest BCUT2D eigenvalue weighted by molar-refractivity contribution is 0.439. The summed E-state index contributed by atoms with van der Waals surface area (Å²) in [6.45, 7) is 3.78. The summed E-state index contributed by atoms with van der Waals surface area (Å²) in [5.41, 5.74) is 9.06. The quantitative estimate of drug-likeness (QED) is 0.760. The molecular formula is C14H13N3O2. The second-order valence-corrected chi connectivity index (χ2v) is 4.34. The van der Waals surface area contributed by atoms with Gasteiger partial charge in [0.2, 0.25) is 5.88 Å². The first kappa shape index (κ1) is 11.5. The van der Waals surface area contributed by atoms with Gasteiger partial charge in [0.1, 0.15) is 17.2 Å². The Morgan fingerprint density at radius 1 is 1.26 bits per heavy atom. The zero-order valence-corrected chi connectivity index (χ0v) is 10.7. The van der Waals surface area contributed by atoms with Gasteiger partial charge in [0.05, 0.1) is 5.56 Å². The fourth-order valence-electron chi connectivity index (χ4n) is 2.14. The van der Waals surface area contributed by atoms with Gasteiger partial charge < -0.3 is 14.7 Å². The van der Waals surface area contributed by atoms with Crippen LogP contribution in [0.25, 0.3) is 22.4 Å². The molecule has 0 aromatic carbocycles. The average molecular weight is 255 g/mol. The zero-order valence-electron chi connectivity index (χ0n) is 10.7. The van der Waals surface area contributed by atoms with Crippen molar-refractivity contribution >= 4 is 5.88 Å². The van der Waals surface area contributed by atoms with Crippen molar-refractivity contribution in [2.45, 2.75) is 13.8 Å². The lowest BCUT2D eigenvalue weighted by Gasteiger charge is -2.00. The van der Waals surface area contributed by atoms with Gasteiger partial charge in [-0.1, -0.05) is 11.2 Å². The van der Waals surface area contributed by atoms with Crippen molar-refractivity contribution in [2.75, 3.05) is 5.73 Å². The van der Waals surface area contributed by atoms with E-state index >= 15 is 0 Å². The third-order valence-electron chi connectivity index (χ3n) is 2.96. The third kappa shape index (κ3) is 1.89. The van der Waals surface area contributed by atoms with Crippen molar-refractivity contribution in [2.24, 2.45) is 0 Å². The van der Waals surface area contributed by atoms with Crippen molar-refractivity contribution in [3.05, 3.63) is 42.1 Å². The first-order chi connectivity index (χ1) is 9.16. The molecule has 0 aliphatic rings. The van der Waals surface area contributed by atoms with Crippen LogP contribution in [0.4, 0.5) is 5.88 Å². The molecular weight excluding hydrogens is 242 g/mol. The summed E-state index contributed by atoms with van der Waals surface area (Å²) in [4.78, 5) is 4.10. The van der Waals surface area contributed by atoms with Gasteiger partial charge in [-0.15, -0.1) is 0 Å². The van der Waals surface area contributed by atoms with E-state index < -0.39 is 0 Å². The van der Waals surface area contributed by atoms with Gasteiger partial charge in [-0.2, -0.15) is 0 Å². The van der Waals surface area contributed by atoms with E-state index in [1.807, 2.05) is 32.0 Å². The fourth-order valence-corrected chi connectivity index (χ4v) is 2.14. The number of rotatable bonds is 2. The summed E-state index contributed by atoms with van der Waals surface area (Å²) in [6, 6.07) is 5.69. The standard InChI is InChI=1S/C14H13N3O2/c1-8-6-11(9(2)18-8)13-12(14(15)19-17-13)10-4-3-5-16-7-10/h3-7H,15H2,1-2H3. The van der Waals surface area contributed by atoms with Crippen LogP contribution in [0, 0.1) is 13.8 Å². The highest BCUT2D eigenvalue weighted by Crippen LogP contribution is 2.37. The summed E-state index contributed by atoms with van der Waals surface area (Å²) in [5.74, 6) is 1.89. The monoisotopic (exact) mass is 255 g/mol. The molecule has 96 valence electrons. The maximum atomic E-state index is 5.88. The van der Waals surface area contributed by atoms with E-state index in [2.05, 4.69) is 10.1 Å². The Balaban J connectivity index is 2.22. The minimum atomic E-state index is 0.279. The maximum Gasteiger partial charge on any atom is 0.230 e. The summed E-state index contributed by atoms with van der Waals surface area (Å²) < 4.78 is 10.7. The molecule has 0 atom stereocenters. The SMILES string of the molecule is Cc1cc(-c2noc(N)c2-c2cccnc2)c(C)o1. The van der Waals surface area contributed by atoms with Gasteiger partial charge in [-0.3, -0.25) is 4.98 Å². The molecule has 19 heavy (non-hydrogen) atoms. The van der Waals surface area contributed by atoms with Crippen molar-refractivity contribution in [1.29, 1.82) is 0 Å². The number of pyridine rings is 1. The molecule has 0 radical (unpaired) electrons. The molecule has 3 rings (SSSR count). The Morgan fingerprint density at radius 2 is 2.11 bits per heavy atom. The topological polar surface area (TPSA) is 78.1 Å². The molecule has 0 aliphatic carbocycles. The maximum absolute atomic E-state index is 5.88. The molecule has 0 aliphatic heterocycles. The van der Waals surface area contributed by atoms with Crippen LogP contribution in [-0.2, 0) is 0 Å². The van der Waals surface area contributed by atoms with Crippen molar-refractivity contribution < 1.29 is 8.94 Å². The number of anilines is 1. The van der Waals surface area contributed by atoms with E-state index in [1.165, 1.54) is 0 Å². The number of hydrogen-bond donors (Lipinski definition) is 1. The number of aromatic nitrogens is 2. The minimum Gasteiger partial charge on any atom is -0.466 e. The Morgan fingerprint density at radius 3 is 2.74 bits per heavy atom. The number of furan rings is 1. The Labute approximate surface area is 110 Å². The van der Waals surface area contributed by atoms with Gasteiger partial charge in [0.15, 0.2) is 0 Å². The van der Waals surface area contributed by atoms with Gasteiger partial charge in [-0.25, -0.2) is 0 Å². The highest BCUT2D eigenvalue weighted by molar-refractivity contribution is 5.87. The first-order valence-electron chi connectivity index (χ1n) is 5.89. The van der Waals surface area contributed by atoms with Crippen LogP contribution in [-0.4, -0.2) is 10.1 Å². The van der Waals surface area contributed by atoms with Crippen molar-refractivity contribution in [1.82, 2.24) is 10.1 Å². The van der Waals surface area contributed by atoms with Gasteiger partial charge in [0.25, 0.3) is 0 Å². The number of nitrogens with zero attached hydrogens (tertiary/aromatic N) is 2. The molecule has 5 nitrogen and oxygen atoms in total. The highest BCUT2D eigenvalue weighted by Gasteiger charge is 2.20. The van der Waals surface area contributed by atoms with Gasteiger partial charge in [-0.05, 0) is 26.0 Å². The fraction of sp³-hybridized carbons (Fsp3) is 0.143. The number of nitrogens with two attached hydrogens (primary N) is 1. The molecule has 0 amide bonds. The van der Waals surface area contributed by atoms with Crippen LogP contribution in [0.2, 0.25) is 0 Å². The molecule has 3 aromatic heterocycles. The molecule has 2 N–H and O–H groups in total. The van der Waals surface area contributed by atoms with Crippen molar-refractivity contribution in [3.63, 3.8) is 0 Å². The molecule has 0 fully saturated rings. The van der Waals surface area contributed by atoms with Gasteiger partial charge in [0, 0.05) is 23.5 Å². The van der Waals surface area contributed by atoms with Crippen molar-refractivity contribution in [3.8, 4) is 22.4 Å². The van der Waals surface area contributed by atoms with Crippen LogP contribution in [0.3, 0.4) is 0 Å². The third-order valence-corrected chi connectivity index (χ3v) is 2.96. The largest absolute Gasteiger partial charge is 0.466 e. The second-order valence-electron chi connectivity index (χ2n) is 4.34. The summed E-state index contributed by atoms with van der Waals surface area (Å²) in [7, 11) is 0. The van der Waals surface area contributed by atoms with E-state index in [4.69, 9.17) is 14.7 Å². The van der Waals surface area contributed by atoms with Gasteiger partial charge >= 0.3 is 0 Å². The average Bonchev–Trinajstić information content (AvgIpc) is 2.93. The molecule has 0 spiro atoms. The van der Waals surface area contributed by atoms with Crippen LogP contribution < -0.4 is 5.73 Å². The van der Waals surface area contributed by atoms with Crippen LogP contribution in [0.5, 0.6) is 0 Å². The molecule has 0 bridgehead atoms. The zero-order chi connectivity index (χ0) is 13.4. The predicted molar refractivity (Wildman–Crippen MR) is 71.3 cm³/mol. The molecule has 0 saturated heterocycles. The smallest absolute Gasteiger partial charge is 0.230 e. The summed E-state index contributed by atoms with van der Waals surface area (Å²) >= 11 is 0. The lowest BCUT2D eigenvalue weighted by Crippen LogP contribution is -1.88. The Kier molecular flexibility index (Phi) is 2.59. The van der Waals surface area contributed by atoms with Crippen LogP contribution in [0.1, 0.15) is 11.5 Å². The predicted octanol–water partition coefficient (Wildman–Crippen LogP) is 3.20. The molecule has 0 unspecified atom stereocenters.